The molecule has 1 aromatic heterocycles. The quantitative estimate of drug-likeness (QED) is 0.497. The van der Waals surface area contributed by atoms with Crippen LogP contribution in [0.4, 0.5) is 10.1 Å². The molecule has 1 heterocycles. The molecule has 2 aromatic carbocycles. The van der Waals surface area contributed by atoms with Gasteiger partial charge in [0.15, 0.2) is 0 Å². The summed E-state index contributed by atoms with van der Waals surface area (Å²) in [4.78, 5) is 12.3. The van der Waals surface area contributed by atoms with Crippen LogP contribution in [-0.2, 0) is 0 Å². The summed E-state index contributed by atoms with van der Waals surface area (Å²) in [5.74, 6) is -0.258. The van der Waals surface area contributed by atoms with Gasteiger partial charge in [0.05, 0.1) is 4.92 Å². The van der Waals surface area contributed by atoms with Crippen LogP contribution < -0.4 is 0 Å². The molecule has 0 aliphatic rings. The van der Waals surface area contributed by atoms with Gasteiger partial charge in [0, 0.05) is 21.9 Å². The second-order valence-electron chi connectivity index (χ2n) is 4.47. The Bertz CT molecular complexity index is 779. The number of benzene rings is 2. The van der Waals surface area contributed by atoms with Crippen LogP contribution in [-0.4, -0.2) is 4.92 Å². The third-order valence-electron chi connectivity index (χ3n) is 3.10. The number of nitro groups is 1. The van der Waals surface area contributed by atoms with Crippen molar-refractivity contribution < 1.29 is 9.31 Å². The highest BCUT2D eigenvalue weighted by atomic mass is 32.1. The molecule has 5 heteroatoms. The number of nitrogens with zero attached hydrogens (tertiary/aromatic N) is 1. The summed E-state index contributed by atoms with van der Waals surface area (Å²) in [5.41, 5.74) is 1.96. The fraction of sp³-hybridized carbons (Fsp3) is 0. The number of hydrogen-bond acceptors (Lipinski definition) is 3. The maximum Gasteiger partial charge on any atom is 0.269 e. The smallest absolute Gasteiger partial charge is 0.258 e. The first-order chi connectivity index (χ1) is 10.1. The van der Waals surface area contributed by atoms with Crippen molar-refractivity contribution in [2.45, 2.75) is 0 Å². The van der Waals surface area contributed by atoms with Crippen molar-refractivity contribution in [3.05, 3.63) is 76.6 Å². The van der Waals surface area contributed by atoms with Crippen LogP contribution in [0.25, 0.3) is 20.9 Å². The maximum absolute atomic E-state index is 12.9. The Morgan fingerprint density at radius 3 is 1.76 bits per heavy atom. The second-order valence-corrected chi connectivity index (χ2v) is 5.56. The van der Waals surface area contributed by atoms with E-state index in [1.54, 1.807) is 35.6 Å². The Hall–Kier alpha value is -2.53. The molecule has 104 valence electrons. The standard InChI is InChI=1S/C16H10FNO2S/c17-13-5-1-11(2-6-13)15-9-10-16(21-15)12-3-7-14(8-4-12)18(19)20/h1-10H. The zero-order valence-electron chi connectivity index (χ0n) is 10.8. The molecule has 0 saturated carbocycles. The van der Waals surface area contributed by atoms with Crippen molar-refractivity contribution in [3.8, 4) is 20.9 Å². The zero-order valence-corrected chi connectivity index (χ0v) is 11.6. The molecule has 21 heavy (non-hydrogen) atoms. The molecule has 0 aliphatic heterocycles. The molecule has 0 spiro atoms. The topological polar surface area (TPSA) is 43.1 Å². The van der Waals surface area contributed by atoms with Gasteiger partial charge >= 0.3 is 0 Å². The van der Waals surface area contributed by atoms with Crippen LogP contribution in [0.1, 0.15) is 0 Å². The lowest BCUT2D eigenvalue weighted by molar-refractivity contribution is -0.384. The van der Waals surface area contributed by atoms with Gasteiger partial charge in [-0.15, -0.1) is 11.3 Å². The van der Waals surface area contributed by atoms with Gasteiger partial charge in [-0.25, -0.2) is 4.39 Å². The molecule has 0 fully saturated rings. The third kappa shape index (κ3) is 2.83. The lowest BCUT2D eigenvalue weighted by atomic mass is 10.1. The maximum atomic E-state index is 12.9. The first kappa shape index (κ1) is 13.5. The minimum absolute atomic E-state index is 0.0778. The summed E-state index contributed by atoms with van der Waals surface area (Å²) >= 11 is 1.57. The molecule has 0 N–H and O–H groups in total. The summed E-state index contributed by atoms with van der Waals surface area (Å²) in [6, 6.07) is 16.7. The predicted molar refractivity (Wildman–Crippen MR) is 81.8 cm³/mol. The van der Waals surface area contributed by atoms with E-state index in [1.165, 1.54) is 24.3 Å². The molecule has 3 rings (SSSR count). The third-order valence-corrected chi connectivity index (χ3v) is 4.28. The minimum atomic E-state index is -0.415. The minimum Gasteiger partial charge on any atom is -0.258 e. The van der Waals surface area contributed by atoms with E-state index in [1.807, 2.05) is 12.1 Å². The van der Waals surface area contributed by atoms with Gasteiger partial charge < -0.3 is 0 Å². The average Bonchev–Trinajstić information content (AvgIpc) is 2.98. The van der Waals surface area contributed by atoms with Crippen molar-refractivity contribution in [2.24, 2.45) is 0 Å². The van der Waals surface area contributed by atoms with Crippen molar-refractivity contribution >= 4 is 17.0 Å². The van der Waals surface area contributed by atoms with Crippen LogP contribution in [0.15, 0.2) is 60.7 Å². The molecule has 0 atom stereocenters. The number of nitro benzene ring substituents is 1. The summed E-state index contributed by atoms with van der Waals surface area (Å²) < 4.78 is 12.9. The highest BCUT2D eigenvalue weighted by molar-refractivity contribution is 7.18. The number of non-ortho nitro benzene ring substituents is 1. The molecule has 0 amide bonds. The first-order valence-electron chi connectivity index (χ1n) is 6.24. The Balaban J connectivity index is 1.90. The monoisotopic (exact) mass is 299 g/mol. The van der Waals surface area contributed by atoms with Gasteiger partial charge in [-0.2, -0.15) is 0 Å². The Morgan fingerprint density at radius 2 is 1.29 bits per heavy atom. The lowest BCUT2D eigenvalue weighted by Gasteiger charge is -1.98. The van der Waals surface area contributed by atoms with Crippen LogP contribution in [0.2, 0.25) is 0 Å². The summed E-state index contributed by atoms with van der Waals surface area (Å²) in [7, 11) is 0. The average molecular weight is 299 g/mol. The van der Waals surface area contributed by atoms with Crippen LogP contribution in [0, 0.1) is 15.9 Å². The molecule has 3 aromatic rings. The van der Waals surface area contributed by atoms with Crippen molar-refractivity contribution in [1.82, 2.24) is 0 Å². The van der Waals surface area contributed by atoms with E-state index in [-0.39, 0.29) is 11.5 Å². The lowest BCUT2D eigenvalue weighted by Crippen LogP contribution is -1.86. The summed E-state index contributed by atoms with van der Waals surface area (Å²) in [5, 5.41) is 10.6. The Labute approximate surface area is 124 Å². The van der Waals surface area contributed by atoms with Crippen molar-refractivity contribution in [2.75, 3.05) is 0 Å². The van der Waals surface area contributed by atoms with E-state index in [9.17, 15) is 14.5 Å². The summed E-state index contributed by atoms with van der Waals surface area (Å²) in [6.45, 7) is 0. The number of halogens is 1. The highest BCUT2D eigenvalue weighted by Gasteiger charge is 2.08. The van der Waals surface area contributed by atoms with Gasteiger partial charge in [-0.05, 0) is 47.5 Å². The molecule has 0 saturated heterocycles. The van der Waals surface area contributed by atoms with E-state index in [4.69, 9.17) is 0 Å². The van der Waals surface area contributed by atoms with E-state index < -0.39 is 4.92 Å². The van der Waals surface area contributed by atoms with Crippen LogP contribution in [0.3, 0.4) is 0 Å². The molecule has 0 unspecified atom stereocenters. The second kappa shape index (κ2) is 5.46. The number of hydrogen-bond donors (Lipinski definition) is 0. The van der Waals surface area contributed by atoms with Crippen LogP contribution in [0.5, 0.6) is 0 Å². The SMILES string of the molecule is O=[N+]([O-])c1ccc(-c2ccc(-c3ccc(F)cc3)s2)cc1. The normalized spacial score (nSPS) is 10.5. The fourth-order valence-corrected chi connectivity index (χ4v) is 3.03. The largest absolute Gasteiger partial charge is 0.269 e. The zero-order chi connectivity index (χ0) is 14.8. The van der Waals surface area contributed by atoms with Gasteiger partial charge in [0.2, 0.25) is 0 Å². The predicted octanol–water partition coefficient (Wildman–Crippen LogP) is 5.13. The number of rotatable bonds is 3. The van der Waals surface area contributed by atoms with Crippen LogP contribution >= 0.6 is 11.3 Å². The molecule has 0 radical (unpaired) electrons. The molecular formula is C16H10FNO2S. The van der Waals surface area contributed by atoms with Gasteiger partial charge in [0.1, 0.15) is 5.82 Å². The Kier molecular flexibility index (Phi) is 3.50. The van der Waals surface area contributed by atoms with E-state index in [0.29, 0.717) is 0 Å². The van der Waals surface area contributed by atoms with E-state index >= 15 is 0 Å². The van der Waals surface area contributed by atoms with Gasteiger partial charge in [0.25, 0.3) is 5.69 Å². The molecular weight excluding hydrogens is 289 g/mol. The van der Waals surface area contributed by atoms with Gasteiger partial charge in [-0.1, -0.05) is 12.1 Å². The fourth-order valence-electron chi connectivity index (χ4n) is 2.01. The summed E-state index contributed by atoms with van der Waals surface area (Å²) in [6.07, 6.45) is 0. The molecule has 3 nitrogen and oxygen atoms in total. The Morgan fingerprint density at radius 1 is 0.810 bits per heavy atom. The van der Waals surface area contributed by atoms with E-state index in [2.05, 4.69) is 0 Å². The van der Waals surface area contributed by atoms with Gasteiger partial charge in [-0.3, -0.25) is 10.1 Å². The molecule has 0 bridgehead atoms. The highest BCUT2D eigenvalue weighted by Crippen LogP contribution is 2.34. The molecule has 0 aliphatic carbocycles. The first-order valence-corrected chi connectivity index (χ1v) is 7.06. The van der Waals surface area contributed by atoms with E-state index in [0.717, 1.165) is 20.9 Å². The number of thiophene rings is 1. The van der Waals surface area contributed by atoms with Crippen molar-refractivity contribution in [1.29, 1.82) is 0 Å². The van der Waals surface area contributed by atoms with Crippen molar-refractivity contribution in [3.63, 3.8) is 0 Å².